The Morgan fingerprint density at radius 3 is 2.30 bits per heavy atom. The van der Waals surface area contributed by atoms with Gasteiger partial charge in [-0.3, -0.25) is 11.3 Å². The summed E-state index contributed by atoms with van der Waals surface area (Å²) in [7, 11) is 0. The summed E-state index contributed by atoms with van der Waals surface area (Å²) in [6.07, 6.45) is 5.17. The van der Waals surface area contributed by atoms with Crippen LogP contribution in [0.15, 0.2) is 24.3 Å². The predicted octanol–water partition coefficient (Wildman–Crippen LogP) is 3.19. The zero-order valence-corrected chi connectivity index (χ0v) is 12.9. The maximum Gasteiger partial charge on any atom is 0.0472 e. The fourth-order valence-electron chi connectivity index (χ4n) is 2.94. The van der Waals surface area contributed by atoms with Crippen LogP contribution in [0.4, 0.5) is 0 Å². The molecular formula is C17H29N3. The van der Waals surface area contributed by atoms with E-state index in [0.29, 0.717) is 0 Å². The maximum atomic E-state index is 5.74. The zero-order chi connectivity index (χ0) is 14.4. The van der Waals surface area contributed by atoms with Crippen LogP contribution >= 0.6 is 0 Å². The molecule has 1 aliphatic rings. The van der Waals surface area contributed by atoms with Crippen molar-refractivity contribution in [3.63, 3.8) is 0 Å². The molecule has 0 aromatic heterocycles. The number of nitrogens with two attached hydrogens (primary N) is 1. The van der Waals surface area contributed by atoms with Crippen molar-refractivity contribution in [1.82, 2.24) is 10.3 Å². The van der Waals surface area contributed by atoms with Gasteiger partial charge in [0, 0.05) is 6.04 Å². The Morgan fingerprint density at radius 2 is 1.85 bits per heavy atom. The molecule has 1 aliphatic carbocycles. The summed E-state index contributed by atoms with van der Waals surface area (Å²) in [6.45, 7) is 7.72. The van der Waals surface area contributed by atoms with Gasteiger partial charge in [-0.25, -0.2) is 0 Å². The van der Waals surface area contributed by atoms with E-state index in [-0.39, 0.29) is 6.04 Å². The Bertz CT molecular complexity index is 380. The molecule has 0 aliphatic heterocycles. The number of benzene rings is 1. The van der Waals surface area contributed by atoms with E-state index in [1.165, 1.54) is 30.4 Å². The van der Waals surface area contributed by atoms with Crippen LogP contribution in [0.3, 0.4) is 0 Å². The Labute approximate surface area is 123 Å². The van der Waals surface area contributed by atoms with Crippen molar-refractivity contribution in [3.8, 4) is 0 Å². The van der Waals surface area contributed by atoms with Gasteiger partial charge in [0.05, 0.1) is 0 Å². The van der Waals surface area contributed by atoms with Gasteiger partial charge < -0.3 is 4.90 Å². The quantitative estimate of drug-likeness (QED) is 0.565. The Balaban J connectivity index is 1.92. The third kappa shape index (κ3) is 3.81. The number of rotatable bonds is 8. The molecule has 0 spiro atoms. The van der Waals surface area contributed by atoms with E-state index in [2.05, 4.69) is 48.4 Å². The SMILES string of the molecule is CCN(CC)CCC(NN)c1ccc(C2CCC2)cc1. The lowest BCUT2D eigenvalue weighted by molar-refractivity contribution is 0.282. The first-order valence-electron chi connectivity index (χ1n) is 8.06. The van der Waals surface area contributed by atoms with Gasteiger partial charge in [0.1, 0.15) is 0 Å². The van der Waals surface area contributed by atoms with E-state index in [1.807, 2.05) is 0 Å². The normalized spacial score (nSPS) is 17.2. The summed E-state index contributed by atoms with van der Waals surface area (Å²) in [5.41, 5.74) is 5.78. The molecule has 0 heterocycles. The number of nitrogens with one attached hydrogen (secondary N) is 1. The van der Waals surface area contributed by atoms with Gasteiger partial charge in [0.15, 0.2) is 0 Å². The van der Waals surface area contributed by atoms with Gasteiger partial charge in [0.25, 0.3) is 0 Å². The molecule has 1 aromatic carbocycles. The van der Waals surface area contributed by atoms with Gasteiger partial charge in [-0.1, -0.05) is 44.5 Å². The summed E-state index contributed by atoms with van der Waals surface area (Å²) in [6, 6.07) is 9.34. The van der Waals surface area contributed by atoms with Crippen molar-refractivity contribution >= 4 is 0 Å². The topological polar surface area (TPSA) is 41.3 Å². The van der Waals surface area contributed by atoms with Crippen molar-refractivity contribution in [3.05, 3.63) is 35.4 Å². The monoisotopic (exact) mass is 275 g/mol. The zero-order valence-electron chi connectivity index (χ0n) is 12.9. The Kier molecular flexibility index (Phi) is 6.02. The van der Waals surface area contributed by atoms with Crippen molar-refractivity contribution in [1.29, 1.82) is 0 Å². The van der Waals surface area contributed by atoms with Gasteiger partial charge in [0.2, 0.25) is 0 Å². The first-order chi connectivity index (χ1) is 9.78. The average molecular weight is 275 g/mol. The van der Waals surface area contributed by atoms with Gasteiger partial charge in [-0.2, -0.15) is 0 Å². The number of nitrogens with zero attached hydrogens (tertiary/aromatic N) is 1. The van der Waals surface area contributed by atoms with Crippen molar-refractivity contribution < 1.29 is 0 Å². The van der Waals surface area contributed by atoms with Gasteiger partial charge in [-0.05, 0) is 55.9 Å². The summed E-state index contributed by atoms with van der Waals surface area (Å²) in [4.78, 5) is 2.44. The first kappa shape index (κ1) is 15.5. The molecule has 112 valence electrons. The second-order valence-electron chi connectivity index (χ2n) is 5.83. The first-order valence-corrected chi connectivity index (χ1v) is 8.06. The van der Waals surface area contributed by atoms with E-state index in [4.69, 9.17) is 5.84 Å². The second-order valence-corrected chi connectivity index (χ2v) is 5.83. The summed E-state index contributed by atoms with van der Waals surface area (Å²) in [5.74, 6) is 6.55. The van der Waals surface area contributed by atoms with Crippen LogP contribution in [-0.2, 0) is 0 Å². The fraction of sp³-hybridized carbons (Fsp3) is 0.647. The molecule has 0 bridgehead atoms. The summed E-state index contributed by atoms with van der Waals surface area (Å²) < 4.78 is 0. The minimum atomic E-state index is 0.256. The number of hydrogen-bond donors (Lipinski definition) is 2. The van der Waals surface area contributed by atoms with Crippen LogP contribution in [0.1, 0.15) is 62.6 Å². The third-order valence-corrected chi connectivity index (χ3v) is 4.75. The molecule has 1 atom stereocenters. The van der Waals surface area contributed by atoms with Gasteiger partial charge in [-0.15, -0.1) is 0 Å². The molecule has 3 N–H and O–H groups in total. The van der Waals surface area contributed by atoms with Crippen LogP contribution < -0.4 is 11.3 Å². The average Bonchev–Trinajstić information content (AvgIpc) is 2.43. The fourth-order valence-corrected chi connectivity index (χ4v) is 2.94. The molecule has 1 fully saturated rings. The Hall–Kier alpha value is -0.900. The highest BCUT2D eigenvalue weighted by Gasteiger charge is 2.19. The molecule has 20 heavy (non-hydrogen) atoms. The highest BCUT2D eigenvalue weighted by molar-refractivity contribution is 5.28. The molecule has 0 saturated heterocycles. The summed E-state index contributed by atoms with van der Waals surface area (Å²) >= 11 is 0. The van der Waals surface area contributed by atoms with E-state index >= 15 is 0 Å². The molecule has 3 nitrogen and oxygen atoms in total. The number of hydrogen-bond acceptors (Lipinski definition) is 3. The largest absolute Gasteiger partial charge is 0.304 e. The van der Waals surface area contributed by atoms with Crippen LogP contribution in [0.2, 0.25) is 0 Å². The van der Waals surface area contributed by atoms with Crippen LogP contribution in [0.25, 0.3) is 0 Å². The maximum absolute atomic E-state index is 5.74. The molecule has 1 aromatic rings. The van der Waals surface area contributed by atoms with Crippen LogP contribution in [0, 0.1) is 0 Å². The van der Waals surface area contributed by atoms with E-state index in [1.54, 1.807) is 0 Å². The van der Waals surface area contributed by atoms with Crippen LogP contribution in [0.5, 0.6) is 0 Å². The van der Waals surface area contributed by atoms with E-state index in [0.717, 1.165) is 32.0 Å². The third-order valence-electron chi connectivity index (χ3n) is 4.75. The molecule has 1 saturated carbocycles. The lowest BCUT2D eigenvalue weighted by Crippen LogP contribution is -2.32. The highest BCUT2D eigenvalue weighted by Crippen LogP contribution is 2.36. The Morgan fingerprint density at radius 1 is 1.20 bits per heavy atom. The van der Waals surface area contributed by atoms with Crippen molar-refractivity contribution in [2.45, 2.75) is 51.5 Å². The van der Waals surface area contributed by atoms with Gasteiger partial charge >= 0.3 is 0 Å². The smallest absolute Gasteiger partial charge is 0.0472 e. The minimum Gasteiger partial charge on any atom is -0.304 e. The second kappa shape index (κ2) is 7.77. The van der Waals surface area contributed by atoms with Crippen molar-refractivity contribution in [2.24, 2.45) is 5.84 Å². The molecular weight excluding hydrogens is 246 g/mol. The minimum absolute atomic E-state index is 0.256. The molecule has 2 rings (SSSR count). The molecule has 1 unspecified atom stereocenters. The van der Waals surface area contributed by atoms with Crippen LogP contribution in [-0.4, -0.2) is 24.5 Å². The molecule has 0 amide bonds. The highest BCUT2D eigenvalue weighted by atomic mass is 15.2. The lowest BCUT2D eigenvalue weighted by Gasteiger charge is -2.27. The standard InChI is InChI=1S/C17H29N3/c1-3-20(4-2)13-12-17(19-18)16-10-8-15(9-11-16)14-6-5-7-14/h8-11,14,17,19H,3-7,12-13,18H2,1-2H3. The summed E-state index contributed by atoms with van der Waals surface area (Å²) in [5, 5.41) is 0. The number of hydrazine groups is 1. The van der Waals surface area contributed by atoms with E-state index in [9.17, 15) is 0 Å². The predicted molar refractivity (Wildman–Crippen MR) is 85.5 cm³/mol. The molecule has 0 radical (unpaired) electrons. The van der Waals surface area contributed by atoms with Crippen molar-refractivity contribution in [2.75, 3.05) is 19.6 Å². The lowest BCUT2D eigenvalue weighted by atomic mass is 9.80. The van der Waals surface area contributed by atoms with E-state index < -0.39 is 0 Å². The molecule has 3 heteroatoms.